The average molecular weight is 254 g/mol. The summed E-state index contributed by atoms with van der Waals surface area (Å²) < 4.78 is 5.57. The molecule has 3 aromatic heterocycles. The number of oxazole rings is 1. The number of aromatic nitrogens is 3. The predicted molar refractivity (Wildman–Crippen MR) is 69.3 cm³/mol. The van der Waals surface area contributed by atoms with Crippen molar-refractivity contribution in [3.8, 4) is 11.5 Å². The second-order valence-electron chi connectivity index (χ2n) is 3.96. The summed E-state index contributed by atoms with van der Waals surface area (Å²) in [6.45, 7) is 1.43. The Kier molecular flexibility index (Phi) is 2.68. The maximum absolute atomic E-state index is 10.9. The lowest BCUT2D eigenvalue weighted by atomic mass is 10.3. The molecule has 1 amide bonds. The van der Waals surface area contributed by atoms with E-state index in [0.29, 0.717) is 22.9 Å². The molecule has 0 bridgehead atoms. The highest BCUT2D eigenvalue weighted by atomic mass is 16.3. The molecule has 0 saturated carbocycles. The van der Waals surface area contributed by atoms with Gasteiger partial charge in [-0.25, -0.2) is 9.97 Å². The van der Waals surface area contributed by atoms with E-state index in [1.54, 1.807) is 36.7 Å². The van der Waals surface area contributed by atoms with Crippen LogP contribution in [0.25, 0.3) is 22.7 Å². The topological polar surface area (TPSA) is 80.9 Å². The lowest BCUT2D eigenvalue weighted by molar-refractivity contribution is -0.114. The molecule has 6 nitrogen and oxygen atoms in total. The average Bonchev–Trinajstić information content (AvgIpc) is 2.82. The summed E-state index contributed by atoms with van der Waals surface area (Å²) in [5, 5.41) is 2.60. The van der Waals surface area contributed by atoms with E-state index in [1.165, 1.54) is 6.92 Å². The van der Waals surface area contributed by atoms with Gasteiger partial charge in [0.15, 0.2) is 11.2 Å². The van der Waals surface area contributed by atoms with E-state index in [-0.39, 0.29) is 5.91 Å². The number of anilines is 1. The summed E-state index contributed by atoms with van der Waals surface area (Å²) in [4.78, 5) is 23.4. The Balaban J connectivity index is 1.95. The number of hydrogen-bond donors (Lipinski definition) is 1. The van der Waals surface area contributed by atoms with Gasteiger partial charge in [0.2, 0.25) is 11.8 Å². The van der Waals surface area contributed by atoms with Crippen LogP contribution >= 0.6 is 0 Å². The standard InChI is InChI=1S/C13H10N4O2/c1-8(18)16-11-5-4-9(7-15-11)13-17-12-10(19-13)3-2-6-14-12/h2-7H,1H3,(H,15,16,18). The third kappa shape index (κ3) is 2.28. The van der Waals surface area contributed by atoms with Crippen LogP contribution in [0.1, 0.15) is 6.92 Å². The highest BCUT2D eigenvalue weighted by molar-refractivity contribution is 5.87. The number of fused-ring (bicyclic) bond motifs is 1. The molecule has 0 radical (unpaired) electrons. The highest BCUT2D eigenvalue weighted by Crippen LogP contribution is 2.22. The fourth-order valence-corrected chi connectivity index (χ4v) is 1.67. The minimum Gasteiger partial charge on any atom is -0.434 e. The van der Waals surface area contributed by atoms with Crippen molar-refractivity contribution in [3.63, 3.8) is 0 Å². The van der Waals surface area contributed by atoms with E-state index in [1.807, 2.05) is 0 Å². The monoisotopic (exact) mass is 254 g/mol. The maximum Gasteiger partial charge on any atom is 0.230 e. The molecular weight excluding hydrogens is 244 g/mol. The van der Waals surface area contributed by atoms with Gasteiger partial charge in [-0.2, -0.15) is 4.98 Å². The van der Waals surface area contributed by atoms with Crippen molar-refractivity contribution in [3.05, 3.63) is 36.7 Å². The summed E-state index contributed by atoms with van der Waals surface area (Å²) in [5.41, 5.74) is 1.92. The molecule has 0 unspecified atom stereocenters. The van der Waals surface area contributed by atoms with Crippen LogP contribution in [0, 0.1) is 0 Å². The summed E-state index contributed by atoms with van der Waals surface area (Å²) in [5.74, 6) is 0.785. The molecule has 1 N–H and O–H groups in total. The predicted octanol–water partition coefficient (Wildman–Crippen LogP) is 2.24. The molecule has 0 aliphatic rings. The molecule has 94 valence electrons. The summed E-state index contributed by atoms with van der Waals surface area (Å²) in [7, 11) is 0. The zero-order chi connectivity index (χ0) is 13.2. The summed E-state index contributed by atoms with van der Waals surface area (Å²) in [6.07, 6.45) is 3.25. The zero-order valence-corrected chi connectivity index (χ0v) is 10.1. The van der Waals surface area contributed by atoms with Crippen LogP contribution in [0.4, 0.5) is 5.82 Å². The Labute approximate surface area is 108 Å². The van der Waals surface area contributed by atoms with Crippen LogP contribution in [-0.2, 0) is 4.79 Å². The first-order valence-electron chi connectivity index (χ1n) is 5.68. The normalized spacial score (nSPS) is 10.6. The summed E-state index contributed by atoms with van der Waals surface area (Å²) in [6, 6.07) is 7.06. The van der Waals surface area contributed by atoms with Crippen molar-refractivity contribution in [2.24, 2.45) is 0 Å². The third-order valence-electron chi connectivity index (χ3n) is 2.48. The largest absolute Gasteiger partial charge is 0.434 e. The number of nitrogens with one attached hydrogen (secondary N) is 1. The lowest BCUT2D eigenvalue weighted by Crippen LogP contribution is -2.06. The molecule has 3 rings (SSSR count). The first-order valence-corrected chi connectivity index (χ1v) is 5.68. The van der Waals surface area contributed by atoms with Crippen LogP contribution in [-0.4, -0.2) is 20.9 Å². The van der Waals surface area contributed by atoms with Gasteiger partial charge < -0.3 is 9.73 Å². The van der Waals surface area contributed by atoms with Gasteiger partial charge in [-0.3, -0.25) is 4.79 Å². The van der Waals surface area contributed by atoms with Gasteiger partial charge in [-0.1, -0.05) is 0 Å². The Morgan fingerprint density at radius 2 is 2.16 bits per heavy atom. The highest BCUT2D eigenvalue weighted by Gasteiger charge is 2.09. The quantitative estimate of drug-likeness (QED) is 0.758. The number of carbonyl (C=O) groups excluding carboxylic acids is 1. The van der Waals surface area contributed by atoms with Crippen molar-refractivity contribution < 1.29 is 9.21 Å². The van der Waals surface area contributed by atoms with Gasteiger partial charge in [0.05, 0.1) is 5.56 Å². The number of amides is 1. The van der Waals surface area contributed by atoms with Crippen LogP contribution in [0.5, 0.6) is 0 Å². The van der Waals surface area contributed by atoms with Gasteiger partial charge >= 0.3 is 0 Å². The Bertz CT molecular complexity index is 701. The van der Waals surface area contributed by atoms with E-state index in [2.05, 4.69) is 20.3 Å². The fourth-order valence-electron chi connectivity index (χ4n) is 1.67. The van der Waals surface area contributed by atoms with E-state index in [0.717, 1.165) is 5.56 Å². The van der Waals surface area contributed by atoms with Gasteiger partial charge in [0.1, 0.15) is 5.82 Å². The molecule has 0 aliphatic heterocycles. The summed E-state index contributed by atoms with van der Waals surface area (Å²) >= 11 is 0. The number of nitrogens with zero attached hydrogens (tertiary/aromatic N) is 3. The molecule has 19 heavy (non-hydrogen) atoms. The van der Waals surface area contributed by atoms with Gasteiger partial charge in [-0.15, -0.1) is 0 Å². The number of carbonyl (C=O) groups is 1. The Morgan fingerprint density at radius 3 is 2.84 bits per heavy atom. The number of rotatable bonds is 2. The van der Waals surface area contributed by atoms with Gasteiger partial charge in [-0.05, 0) is 24.3 Å². The van der Waals surface area contributed by atoms with Crippen molar-refractivity contribution >= 4 is 23.0 Å². The SMILES string of the molecule is CC(=O)Nc1ccc(-c2nc3ncccc3o2)cn1. The van der Waals surface area contributed by atoms with Crippen molar-refractivity contribution in [2.45, 2.75) is 6.92 Å². The van der Waals surface area contributed by atoms with Crippen LogP contribution in [0.2, 0.25) is 0 Å². The fraction of sp³-hybridized carbons (Fsp3) is 0.0769. The van der Waals surface area contributed by atoms with E-state index >= 15 is 0 Å². The second kappa shape index (κ2) is 4.49. The second-order valence-corrected chi connectivity index (χ2v) is 3.96. The first kappa shape index (κ1) is 11.3. The molecule has 0 atom stereocenters. The molecule has 0 saturated heterocycles. The van der Waals surface area contributed by atoms with Crippen LogP contribution in [0.15, 0.2) is 41.1 Å². The Hall–Kier alpha value is -2.76. The molecular formula is C13H10N4O2. The van der Waals surface area contributed by atoms with Crippen molar-refractivity contribution in [2.75, 3.05) is 5.32 Å². The number of hydrogen-bond acceptors (Lipinski definition) is 5. The first-order chi connectivity index (χ1) is 9.22. The lowest BCUT2D eigenvalue weighted by Gasteiger charge is -2.00. The zero-order valence-electron chi connectivity index (χ0n) is 10.1. The Morgan fingerprint density at radius 1 is 1.26 bits per heavy atom. The minimum absolute atomic E-state index is 0.161. The molecule has 0 fully saturated rings. The van der Waals surface area contributed by atoms with E-state index in [9.17, 15) is 4.79 Å². The van der Waals surface area contributed by atoms with E-state index < -0.39 is 0 Å². The van der Waals surface area contributed by atoms with Crippen LogP contribution < -0.4 is 5.32 Å². The number of pyridine rings is 2. The van der Waals surface area contributed by atoms with Gasteiger partial charge in [0.25, 0.3) is 0 Å². The maximum atomic E-state index is 10.9. The van der Waals surface area contributed by atoms with Crippen molar-refractivity contribution in [1.29, 1.82) is 0 Å². The minimum atomic E-state index is -0.161. The molecule has 0 spiro atoms. The molecule has 3 heterocycles. The molecule has 3 aromatic rings. The van der Waals surface area contributed by atoms with Gasteiger partial charge in [0, 0.05) is 19.3 Å². The smallest absolute Gasteiger partial charge is 0.230 e. The van der Waals surface area contributed by atoms with Crippen LogP contribution in [0.3, 0.4) is 0 Å². The third-order valence-corrected chi connectivity index (χ3v) is 2.48. The molecule has 0 aromatic carbocycles. The molecule has 6 heteroatoms. The van der Waals surface area contributed by atoms with Crippen molar-refractivity contribution in [1.82, 2.24) is 15.0 Å². The molecule has 0 aliphatic carbocycles. The van der Waals surface area contributed by atoms with E-state index in [4.69, 9.17) is 4.42 Å².